The Morgan fingerprint density at radius 3 is 2.88 bits per heavy atom. The van der Waals surface area contributed by atoms with Gasteiger partial charge >= 0.3 is 0 Å². The number of ether oxygens (including phenoxy) is 1. The standard InChI is InChI=1S/C16H20ClN5O2/c17-12-7-19-22(9-12)13-1-4-21(10-13)16(23)14-8-18-20-15(14)11-2-5-24-6-3-11/h7-9,11,13H,1-6,10H2,(H,18,20). The Bertz CT molecular complexity index is 722. The first kappa shape index (κ1) is 15.7. The second-order valence-corrected chi connectivity index (χ2v) is 6.85. The van der Waals surface area contributed by atoms with Gasteiger partial charge in [0, 0.05) is 38.4 Å². The number of nitrogens with zero attached hydrogens (tertiary/aromatic N) is 4. The summed E-state index contributed by atoms with van der Waals surface area (Å²) in [6, 6.07) is 0.180. The molecule has 4 rings (SSSR count). The summed E-state index contributed by atoms with van der Waals surface area (Å²) in [7, 11) is 0. The van der Waals surface area contributed by atoms with Gasteiger partial charge in [-0.1, -0.05) is 11.6 Å². The van der Waals surface area contributed by atoms with Crippen molar-refractivity contribution in [2.45, 2.75) is 31.2 Å². The molecular weight excluding hydrogens is 330 g/mol. The Morgan fingerprint density at radius 2 is 2.12 bits per heavy atom. The Labute approximate surface area is 144 Å². The van der Waals surface area contributed by atoms with Gasteiger partial charge in [0.05, 0.1) is 34.7 Å². The third-order valence-electron chi connectivity index (χ3n) is 4.92. The van der Waals surface area contributed by atoms with Crippen molar-refractivity contribution in [1.29, 1.82) is 0 Å². The molecule has 2 aromatic heterocycles. The fraction of sp³-hybridized carbons (Fsp3) is 0.562. The van der Waals surface area contributed by atoms with Gasteiger partial charge in [-0.2, -0.15) is 10.2 Å². The summed E-state index contributed by atoms with van der Waals surface area (Å²) < 4.78 is 7.26. The number of carbonyl (C=O) groups excluding carboxylic acids is 1. The zero-order chi connectivity index (χ0) is 16.5. The lowest BCUT2D eigenvalue weighted by molar-refractivity contribution is 0.0766. The van der Waals surface area contributed by atoms with Crippen LogP contribution < -0.4 is 0 Å². The third-order valence-corrected chi connectivity index (χ3v) is 5.12. The van der Waals surface area contributed by atoms with Crippen molar-refractivity contribution >= 4 is 17.5 Å². The van der Waals surface area contributed by atoms with E-state index in [0.29, 0.717) is 23.0 Å². The maximum absolute atomic E-state index is 12.9. The van der Waals surface area contributed by atoms with Crippen LogP contribution in [0.25, 0.3) is 0 Å². The molecule has 2 saturated heterocycles. The maximum Gasteiger partial charge on any atom is 0.257 e. The molecule has 0 aromatic carbocycles. The van der Waals surface area contributed by atoms with Crippen LogP contribution in [0.4, 0.5) is 0 Å². The van der Waals surface area contributed by atoms with E-state index in [2.05, 4.69) is 15.3 Å². The number of aromatic amines is 1. The lowest BCUT2D eigenvalue weighted by atomic mass is 9.93. The van der Waals surface area contributed by atoms with E-state index < -0.39 is 0 Å². The lowest BCUT2D eigenvalue weighted by Crippen LogP contribution is -2.30. The molecule has 2 aliphatic rings. The number of rotatable bonds is 3. The normalized spacial score (nSPS) is 22.2. The number of amides is 1. The SMILES string of the molecule is O=C(c1cn[nH]c1C1CCOCC1)N1CCC(n2cc(Cl)cn2)C1. The van der Waals surface area contributed by atoms with E-state index in [1.54, 1.807) is 12.4 Å². The minimum absolute atomic E-state index is 0.0472. The lowest BCUT2D eigenvalue weighted by Gasteiger charge is -2.23. The van der Waals surface area contributed by atoms with E-state index in [1.807, 2.05) is 15.8 Å². The van der Waals surface area contributed by atoms with Gasteiger partial charge in [0.25, 0.3) is 5.91 Å². The fourth-order valence-corrected chi connectivity index (χ4v) is 3.73. The molecule has 128 valence electrons. The topological polar surface area (TPSA) is 76.0 Å². The molecule has 1 amide bonds. The first-order valence-electron chi connectivity index (χ1n) is 8.32. The van der Waals surface area contributed by atoms with Crippen molar-refractivity contribution in [3.8, 4) is 0 Å². The Hall–Kier alpha value is -1.86. The number of halogens is 1. The summed E-state index contributed by atoms with van der Waals surface area (Å²) >= 11 is 5.94. The average molecular weight is 350 g/mol. The molecule has 0 saturated carbocycles. The van der Waals surface area contributed by atoms with Crippen LogP contribution in [0.3, 0.4) is 0 Å². The maximum atomic E-state index is 12.9. The molecule has 0 bridgehead atoms. The van der Waals surface area contributed by atoms with Crippen molar-refractivity contribution in [3.05, 3.63) is 34.9 Å². The van der Waals surface area contributed by atoms with Gasteiger partial charge < -0.3 is 9.64 Å². The highest BCUT2D eigenvalue weighted by Crippen LogP contribution is 2.30. The van der Waals surface area contributed by atoms with Crippen molar-refractivity contribution < 1.29 is 9.53 Å². The average Bonchev–Trinajstić information content (AvgIpc) is 3.35. The van der Waals surface area contributed by atoms with Gasteiger partial charge in [-0.25, -0.2) is 0 Å². The molecule has 2 fully saturated rings. The van der Waals surface area contributed by atoms with Crippen molar-refractivity contribution in [2.24, 2.45) is 0 Å². The van der Waals surface area contributed by atoms with Crippen LogP contribution >= 0.6 is 11.6 Å². The number of hydrogen-bond donors (Lipinski definition) is 1. The zero-order valence-corrected chi connectivity index (χ0v) is 14.1. The van der Waals surface area contributed by atoms with E-state index in [1.165, 1.54) is 0 Å². The summed E-state index contributed by atoms with van der Waals surface area (Å²) in [5.41, 5.74) is 1.65. The molecule has 0 spiro atoms. The van der Waals surface area contributed by atoms with Gasteiger partial charge in [-0.05, 0) is 19.3 Å². The van der Waals surface area contributed by atoms with Crippen LogP contribution in [0.2, 0.25) is 5.02 Å². The van der Waals surface area contributed by atoms with Crippen LogP contribution in [0.15, 0.2) is 18.6 Å². The van der Waals surface area contributed by atoms with Crippen molar-refractivity contribution in [3.63, 3.8) is 0 Å². The number of carbonyl (C=O) groups is 1. The molecular formula is C16H20ClN5O2. The highest BCUT2D eigenvalue weighted by atomic mass is 35.5. The van der Waals surface area contributed by atoms with E-state index in [4.69, 9.17) is 16.3 Å². The molecule has 4 heterocycles. The monoisotopic (exact) mass is 349 g/mol. The molecule has 24 heavy (non-hydrogen) atoms. The molecule has 0 radical (unpaired) electrons. The first-order chi connectivity index (χ1) is 11.7. The number of hydrogen-bond acceptors (Lipinski definition) is 4. The number of H-pyrrole nitrogens is 1. The quantitative estimate of drug-likeness (QED) is 0.922. The van der Waals surface area contributed by atoms with Crippen LogP contribution in [-0.2, 0) is 4.74 Å². The molecule has 0 aliphatic carbocycles. The minimum Gasteiger partial charge on any atom is -0.381 e. The second-order valence-electron chi connectivity index (χ2n) is 6.42. The smallest absolute Gasteiger partial charge is 0.257 e. The fourth-order valence-electron chi connectivity index (χ4n) is 3.59. The van der Waals surface area contributed by atoms with Crippen LogP contribution in [-0.4, -0.2) is 57.1 Å². The van der Waals surface area contributed by atoms with Crippen LogP contribution in [0, 0.1) is 0 Å². The van der Waals surface area contributed by atoms with Gasteiger partial charge in [0.15, 0.2) is 0 Å². The summed E-state index contributed by atoms with van der Waals surface area (Å²) in [5, 5.41) is 12.0. The van der Waals surface area contributed by atoms with Gasteiger partial charge in [0.2, 0.25) is 0 Å². The van der Waals surface area contributed by atoms with Crippen LogP contribution in [0.5, 0.6) is 0 Å². The molecule has 2 aliphatic heterocycles. The molecule has 1 unspecified atom stereocenters. The molecule has 1 atom stereocenters. The van der Waals surface area contributed by atoms with Gasteiger partial charge in [-0.15, -0.1) is 0 Å². The number of aromatic nitrogens is 4. The second kappa shape index (κ2) is 6.57. The third kappa shape index (κ3) is 2.93. The Kier molecular flexibility index (Phi) is 4.28. The summed E-state index contributed by atoms with van der Waals surface area (Å²) in [6.07, 6.45) is 7.84. The molecule has 8 heteroatoms. The Balaban J connectivity index is 1.48. The summed E-state index contributed by atoms with van der Waals surface area (Å²) in [6.45, 7) is 2.85. The molecule has 7 nitrogen and oxygen atoms in total. The summed E-state index contributed by atoms with van der Waals surface area (Å²) in [5.74, 6) is 0.370. The van der Waals surface area contributed by atoms with E-state index in [-0.39, 0.29) is 11.9 Å². The predicted octanol–water partition coefficient (Wildman–Crippen LogP) is 2.24. The van der Waals surface area contributed by atoms with E-state index in [0.717, 1.165) is 44.7 Å². The first-order valence-corrected chi connectivity index (χ1v) is 8.70. The highest BCUT2D eigenvalue weighted by molar-refractivity contribution is 6.30. The minimum atomic E-state index is 0.0472. The van der Waals surface area contributed by atoms with Crippen LogP contribution in [0.1, 0.15) is 47.3 Å². The van der Waals surface area contributed by atoms with E-state index in [9.17, 15) is 4.79 Å². The van der Waals surface area contributed by atoms with Crippen molar-refractivity contribution in [2.75, 3.05) is 26.3 Å². The highest BCUT2D eigenvalue weighted by Gasteiger charge is 2.32. The molecule has 2 aromatic rings. The molecule has 1 N–H and O–H groups in total. The largest absolute Gasteiger partial charge is 0.381 e. The van der Waals surface area contributed by atoms with Gasteiger partial charge in [0.1, 0.15) is 0 Å². The van der Waals surface area contributed by atoms with Crippen molar-refractivity contribution in [1.82, 2.24) is 24.9 Å². The van der Waals surface area contributed by atoms with Gasteiger partial charge in [-0.3, -0.25) is 14.6 Å². The van der Waals surface area contributed by atoms with E-state index >= 15 is 0 Å². The zero-order valence-electron chi connectivity index (χ0n) is 13.3. The number of nitrogens with one attached hydrogen (secondary N) is 1. The Morgan fingerprint density at radius 1 is 1.29 bits per heavy atom. The number of likely N-dealkylation sites (tertiary alicyclic amines) is 1. The predicted molar refractivity (Wildman–Crippen MR) is 88.2 cm³/mol. The summed E-state index contributed by atoms with van der Waals surface area (Å²) in [4.78, 5) is 14.8.